The molecule has 0 bridgehead atoms. The minimum atomic E-state index is -1.62. The van der Waals surface area contributed by atoms with Crippen LogP contribution < -0.4 is 5.11 Å². The Morgan fingerprint density at radius 1 is 0.403 bits per heavy atom. The molecule has 0 saturated heterocycles. The Hall–Kier alpha value is -2.75. The number of unbranched alkanes of at least 4 members (excludes halogenated alkanes) is 38. The van der Waals surface area contributed by atoms with Gasteiger partial charge in [-0.05, 0) is 51.4 Å². The number of carbonyl (C=O) groups is 3. The molecule has 0 N–H and O–H groups in total. The predicted octanol–water partition coefficient (Wildman–Crippen LogP) is 18.5. The van der Waals surface area contributed by atoms with Crippen LogP contribution in [0.1, 0.15) is 309 Å². The summed E-state index contributed by atoms with van der Waals surface area (Å²) in [6, 6.07) is 0. The van der Waals surface area contributed by atoms with Gasteiger partial charge in [0.05, 0.1) is 40.3 Å². The van der Waals surface area contributed by atoms with Gasteiger partial charge < -0.3 is 33.3 Å². The molecule has 0 saturated carbocycles. The van der Waals surface area contributed by atoms with Gasteiger partial charge in [0, 0.05) is 12.8 Å². The molecule has 0 aliphatic rings. The Balaban J connectivity index is 3.97. The lowest BCUT2D eigenvalue weighted by Crippen LogP contribution is -2.44. The average molecular weight is 1080 g/mol. The number of likely N-dealkylation sites (N-methyl/N-ethyl adjacent to an activating group) is 1. The SMILES string of the molecule is CC/C=C\C/C=C\C/C=C\C/C=C\CCCCCCCCCCCCCCCCCCCCCCCCCCC(=O)OC(COC(=O)CCCCCCCCCCCCCCCCC)COC(OCC[N+](C)(C)C)C(=O)[O-]. The Kier molecular flexibility index (Phi) is 57.3. The lowest BCUT2D eigenvalue weighted by atomic mass is 10.0. The zero-order valence-corrected chi connectivity index (χ0v) is 51.3. The highest BCUT2D eigenvalue weighted by atomic mass is 16.7. The molecular formula is C68H125NO8. The Labute approximate surface area is 476 Å². The van der Waals surface area contributed by atoms with Crippen LogP contribution in [0, 0.1) is 0 Å². The Morgan fingerprint density at radius 3 is 1.10 bits per heavy atom. The van der Waals surface area contributed by atoms with Gasteiger partial charge in [0.2, 0.25) is 0 Å². The molecule has 9 heteroatoms. The summed E-state index contributed by atoms with van der Waals surface area (Å²) >= 11 is 0. The molecule has 2 unspecified atom stereocenters. The minimum absolute atomic E-state index is 0.151. The van der Waals surface area contributed by atoms with Crippen LogP contribution >= 0.6 is 0 Å². The van der Waals surface area contributed by atoms with Gasteiger partial charge in [-0.3, -0.25) is 9.59 Å². The minimum Gasteiger partial charge on any atom is -0.545 e. The summed E-state index contributed by atoms with van der Waals surface area (Å²) in [5, 5.41) is 11.8. The third-order valence-electron chi connectivity index (χ3n) is 14.6. The molecule has 0 aromatic carbocycles. The molecule has 0 aliphatic carbocycles. The van der Waals surface area contributed by atoms with Crippen molar-refractivity contribution in [1.82, 2.24) is 0 Å². The van der Waals surface area contributed by atoms with Crippen LogP contribution in [0.5, 0.6) is 0 Å². The van der Waals surface area contributed by atoms with Gasteiger partial charge in [0.15, 0.2) is 12.4 Å². The summed E-state index contributed by atoms with van der Waals surface area (Å²) in [6.07, 6.45) is 72.0. The second-order valence-electron chi connectivity index (χ2n) is 23.4. The van der Waals surface area contributed by atoms with Crippen LogP contribution in [0.15, 0.2) is 48.6 Å². The fraction of sp³-hybridized carbons (Fsp3) is 0.838. The molecular weight excluding hydrogens is 959 g/mol. The number of nitrogens with zero attached hydrogens (tertiary/aromatic N) is 1. The van der Waals surface area contributed by atoms with E-state index in [9.17, 15) is 19.5 Å². The van der Waals surface area contributed by atoms with Gasteiger partial charge in [-0.1, -0.05) is 294 Å². The number of quaternary nitrogens is 1. The molecule has 450 valence electrons. The highest BCUT2D eigenvalue weighted by Gasteiger charge is 2.22. The van der Waals surface area contributed by atoms with Crippen LogP contribution in [-0.4, -0.2) is 82.3 Å². The van der Waals surface area contributed by atoms with Crippen LogP contribution in [0.3, 0.4) is 0 Å². The molecule has 9 nitrogen and oxygen atoms in total. The summed E-state index contributed by atoms with van der Waals surface area (Å²) in [7, 11) is 5.93. The molecule has 0 aliphatic heterocycles. The van der Waals surface area contributed by atoms with E-state index < -0.39 is 24.3 Å². The van der Waals surface area contributed by atoms with E-state index in [0.717, 1.165) is 64.2 Å². The van der Waals surface area contributed by atoms with Crippen molar-refractivity contribution in [2.45, 2.75) is 322 Å². The van der Waals surface area contributed by atoms with Crippen molar-refractivity contribution >= 4 is 17.9 Å². The monoisotopic (exact) mass is 1080 g/mol. The zero-order chi connectivity index (χ0) is 56.2. The standard InChI is InChI=1S/C68H125NO8/c1-6-8-10-12-14-16-18-20-22-23-24-25-26-27-28-29-30-31-32-33-34-35-36-37-38-39-40-41-42-43-45-47-49-51-53-55-57-59-66(71)77-64(63-76-68(67(72)73)74-61-60-69(3,4)5)62-75-65(70)58-56-54-52-50-48-46-44-21-19-17-15-13-11-9-7-2/h8,10,14,16,20,22,24-25,64,68H,6-7,9,11-13,15,17-19,21,23,26-63H2,1-5H3/b10-8-,16-14-,22-20-,25-24-. The van der Waals surface area contributed by atoms with E-state index in [2.05, 4.69) is 62.5 Å². The number of aliphatic carboxylic acids is 1. The van der Waals surface area contributed by atoms with Gasteiger partial charge in [-0.2, -0.15) is 0 Å². The first-order valence-corrected chi connectivity index (χ1v) is 32.8. The van der Waals surface area contributed by atoms with Gasteiger partial charge in [-0.15, -0.1) is 0 Å². The molecule has 77 heavy (non-hydrogen) atoms. The van der Waals surface area contributed by atoms with Crippen molar-refractivity contribution in [1.29, 1.82) is 0 Å². The number of allylic oxidation sites excluding steroid dienone is 8. The molecule has 0 spiro atoms. The highest BCUT2D eigenvalue weighted by Crippen LogP contribution is 2.18. The van der Waals surface area contributed by atoms with Gasteiger partial charge in [0.25, 0.3) is 0 Å². The summed E-state index contributed by atoms with van der Waals surface area (Å²) in [5.41, 5.74) is 0. The number of esters is 2. The quantitative estimate of drug-likeness (QED) is 0.0195. The van der Waals surface area contributed by atoms with Gasteiger partial charge >= 0.3 is 11.9 Å². The van der Waals surface area contributed by atoms with E-state index in [0.29, 0.717) is 17.4 Å². The highest BCUT2D eigenvalue weighted by molar-refractivity contribution is 5.70. The first-order chi connectivity index (χ1) is 37.6. The molecule has 0 aromatic heterocycles. The van der Waals surface area contributed by atoms with Crippen LogP contribution in [0.4, 0.5) is 0 Å². The first-order valence-electron chi connectivity index (χ1n) is 32.8. The van der Waals surface area contributed by atoms with Crippen molar-refractivity contribution in [3.05, 3.63) is 48.6 Å². The summed E-state index contributed by atoms with van der Waals surface area (Å²) in [6.45, 7) is 4.68. The maximum Gasteiger partial charge on any atom is 0.306 e. The number of rotatable bonds is 61. The molecule has 0 rings (SSSR count). The fourth-order valence-electron chi connectivity index (χ4n) is 9.59. The van der Waals surface area contributed by atoms with E-state index in [1.54, 1.807) is 0 Å². The van der Waals surface area contributed by atoms with E-state index in [-0.39, 0.29) is 32.2 Å². The molecule has 2 atom stereocenters. The largest absolute Gasteiger partial charge is 0.545 e. The lowest BCUT2D eigenvalue weighted by Gasteiger charge is -2.26. The number of carbonyl (C=O) groups excluding carboxylic acids is 3. The van der Waals surface area contributed by atoms with E-state index in [4.69, 9.17) is 18.9 Å². The van der Waals surface area contributed by atoms with E-state index in [1.165, 1.54) is 218 Å². The van der Waals surface area contributed by atoms with Gasteiger partial charge in [-0.25, -0.2) is 0 Å². The van der Waals surface area contributed by atoms with Crippen LogP contribution in [-0.2, 0) is 33.3 Å². The maximum absolute atomic E-state index is 12.9. The van der Waals surface area contributed by atoms with E-state index >= 15 is 0 Å². The number of hydrogen-bond acceptors (Lipinski definition) is 8. The fourth-order valence-corrected chi connectivity index (χ4v) is 9.59. The van der Waals surface area contributed by atoms with Gasteiger partial charge in [0.1, 0.15) is 13.2 Å². The zero-order valence-electron chi connectivity index (χ0n) is 51.3. The third-order valence-corrected chi connectivity index (χ3v) is 14.6. The van der Waals surface area contributed by atoms with Crippen molar-refractivity contribution in [2.24, 2.45) is 0 Å². The molecule has 0 fully saturated rings. The van der Waals surface area contributed by atoms with Crippen molar-refractivity contribution < 1.29 is 42.9 Å². The van der Waals surface area contributed by atoms with Crippen LogP contribution in [0.25, 0.3) is 0 Å². The number of carboxylic acids is 1. The lowest BCUT2D eigenvalue weighted by molar-refractivity contribution is -0.870. The molecule has 0 amide bonds. The van der Waals surface area contributed by atoms with Crippen LogP contribution in [0.2, 0.25) is 0 Å². The Morgan fingerprint density at radius 2 is 0.740 bits per heavy atom. The third kappa shape index (κ3) is 60.7. The average Bonchev–Trinajstić information content (AvgIpc) is 3.40. The predicted molar refractivity (Wildman–Crippen MR) is 325 cm³/mol. The Bertz CT molecular complexity index is 1400. The summed E-state index contributed by atoms with van der Waals surface area (Å²) < 4.78 is 22.7. The number of ether oxygens (including phenoxy) is 4. The second-order valence-corrected chi connectivity index (χ2v) is 23.4. The molecule has 0 aromatic rings. The molecule has 0 radical (unpaired) electrons. The number of carboxylic acid groups (broad SMARTS) is 1. The smallest absolute Gasteiger partial charge is 0.306 e. The second kappa shape index (κ2) is 59.4. The topological polar surface area (TPSA) is 111 Å². The maximum atomic E-state index is 12.9. The molecule has 0 heterocycles. The van der Waals surface area contributed by atoms with Crippen molar-refractivity contribution in [3.8, 4) is 0 Å². The van der Waals surface area contributed by atoms with Crippen molar-refractivity contribution in [3.63, 3.8) is 0 Å². The first kappa shape index (κ1) is 74.2. The summed E-state index contributed by atoms with van der Waals surface area (Å²) in [5.74, 6) is -2.26. The normalized spacial score (nSPS) is 13.0. The number of hydrogen-bond donors (Lipinski definition) is 0. The van der Waals surface area contributed by atoms with E-state index in [1.807, 2.05) is 21.1 Å². The summed E-state index contributed by atoms with van der Waals surface area (Å²) in [4.78, 5) is 37.3. The van der Waals surface area contributed by atoms with Crippen molar-refractivity contribution in [2.75, 3.05) is 47.5 Å².